The molecule has 2 rings (SSSR count). The number of carbonyl (C=O) groups is 1. The maximum absolute atomic E-state index is 12.0. The third kappa shape index (κ3) is 3.43. The lowest BCUT2D eigenvalue weighted by Crippen LogP contribution is -2.27. The number of H-pyrrole nitrogens is 1. The molecule has 0 fully saturated rings. The van der Waals surface area contributed by atoms with Crippen LogP contribution in [0.25, 0.3) is 0 Å². The van der Waals surface area contributed by atoms with Gasteiger partial charge in [0.2, 0.25) is 5.91 Å². The van der Waals surface area contributed by atoms with Crippen molar-refractivity contribution in [2.45, 2.75) is 33.4 Å². The molecule has 0 aliphatic carbocycles. The van der Waals surface area contributed by atoms with E-state index in [-0.39, 0.29) is 5.91 Å². The zero-order valence-electron chi connectivity index (χ0n) is 11.6. The summed E-state index contributed by atoms with van der Waals surface area (Å²) < 4.78 is 1.80. The van der Waals surface area contributed by atoms with Gasteiger partial charge < -0.3 is 4.90 Å². The summed E-state index contributed by atoms with van der Waals surface area (Å²) in [6, 6.07) is 0. The van der Waals surface area contributed by atoms with Crippen molar-refractivity contribution >= 4 is 5.91 Å². The molecule has 19 heavy (non-hydrogen) atoms. The van der Waals surface area contributed by atoms with Crippen LogP contribution in [0.3, 0.4) is 0 Å². The van der Waals surface area contributed by atoms with Crippen LogP contribution < -0.4 is 0 Å². The Morgan fingerprint density at radius 2 is 2.21 bits per heavy atom. The lowest BCUT2D eigenvalue weighted by molar-refractivity contribution is -0.130. The van der Waals surface area contributed by atoms with E-state index in [1.165, 1.54) is 0 Å². The van der Waals surface area contributed by atoms with Gasteiger partial charge in [-0.05, 0) is 19.4 Å². The molecule has 6 heteroatoms. The third-order valence-corrected chi connectivity index (χ3v) is 3.08. The zero-order chi connectivity index (χ0) is 13.8. The number of hydrogen-bond acceptors (Lipinski definition) is 3. The molecule has 0 aromatic carbocycles. The number of carbonyl (C=O) groups excluding carboxylic acids is 1. The van der Waals surface area contributed by atoms with E-state index in [1.807, 2.05) is 27.1 Å². The molecule has 1 N–H and O–H groups in total. The third-order valence-electron chi connectivity index (χ3n) is 3.08. The summed E-state index contributed by atoms with van der Waals surface area (Å²) in [4.78, 5) is 13.7. The van der Waals surface area contributed by atoms with Crippen LogP contribution in [0.15, 0.2) is 18.6 Å². The number of aryl methyl sites for hydroxylation is 3. The van der Waals surface area contributed by atoms with E-state index in [2.05, 4.69) is 15.3 Å². The molecule has 0 aliphatic heterocycles. The first-order valence-corrected chi connectivity index (χ1v) is 6.28. The standard InChI is InChI=1S/C13H19N5O/c1-10-6-15-18(8-10)5-4-13(19)17(3)9-12-7-14-16-11(12)2/h6-8H,4-5,9H2,1-3H3,(H,14,16). The topological polar surface area (TPSA) is 66.8 Å². The number of nitrogens with zero attached hydrogens (tertiary/aromatic N) is 4. The van der Waals surface area contributed by atoms with Gasteiger partial charge in [-0.15, -0.1) is 0 Å². The molecule has 102 valence electrons. The average Bonchev–Trinajstić information content (AvgIpc) is 2.96. The molecule has 6 nitrogen and oxygen atoms in total. The van der Waals surface area contributed by atoms with E-state index in [0.29, 0.717) is 19.5 Å². The number of nitrogens with one attached hydrogen (secondary N) is 1. The quantitative estimate of drug-likeness (QED) is 0.881. The number of amides is 1. The molecule has 2 aromatic rings. The Kier molecular flexibility index (Phi) is 3.99. The van der Waals surface area contributed by atoms with Gasteiger partial charge in [0, 0.05) is 44.0 Å². The van der Waals surface area contributed by atoms with Gasteiger partial charge in [0.1, 0.15) is 0 Å². The molecule has 1 amide bonds. The van der Waals surface area contributed by atoms with Crippen LogP contribution in [0.1, 0.15) is 23.2 Å². The van der Waals surface area contributed by atoms with Gasteiger partial charge in [0.25, 0.3) is 0 Å². The lowest BCUT2D eigenvalue weighted by Gasteiger charge is -2.16. The van der Waals surface area contributed by atoms with E-state index in [4.69, 9.17) is 0 Å². The molecule has 0 atom stereocenters. The Hall–Kier alpha value is -2.11. The predicted molar refractivity (Wildman–Crippen MR) is 71.4 cm³/mol. The number of aromatic amines is 1. The number of aromatic nitrogens is 4. The maximum atomic E-state index is 12.0. The van der Waals surface area contributed by atoms with Crippen LogP contribution in [0.5, 0.6) is 0 Å². The minimum absolute atomic E-state index is 0.105. The highest BCUT2D eigenvalue weighted by atomic mass is 16.2. The van der Waals surface area contributed by atoms with Crippen LogP contribution in [0, 0.1) is 13.8 Å². The van der Waals surface area contributed by atoms with Gasteiger partial charge in [-0.1, -0.05) is 0 Å². The minimum atomic E-state index is 0.105. The van der Waals surface area contributed by atoms with Crippen molar-refractivity contribution in [3.8, 4) is 0 Å². The molecule has 0 saturated carbocycles. The average molecular weight is 261 g/mol. The Balaban J connectivity index is 1.84. The van der Waals surface area contributed by atoms with Crippen molar-refractivity contribution in [2.24, 2.45) is 0 Å². The lowest BCUT2D eigenvalue weighted by atomic mass is 10.2. The summed E-state index contributed by atoms with van der Waals surface area (Å²) >= 11 is 0. The molecule has 0 saturated heterocycles. The summed E-state index contributed by atoms with van der Waals surface area (Å²) in [6.45, 7) is 5.13. The Morgan fingerprint density at radius 3 is 2.79 bits per heavy atom. The summed E-state index contributed by atoms with van der Waals surface area (Å²) in [7, 11) is 1.81. The number of rotatable bonds is 5. The van der Waals surface area contributed by atoms with Crippen LogP contribution in [0.2, 0.25) is 0 Å². The summed E-state index contributed by atoms with van der Waals surface area (Å²) in [5.41, 5.74) is 3.16. The molecule has 0 bridgehead atoms. The second kappa shape index (κ2) is 5.69. The second-order valence-electron chi connectivity index (χ2n) is 4.80. The second-order valence-corrected chi connectivity index (χ2v) is 4.80. The van der Waals surface area contributed by atoms with Crippen LogP contribution >= 0.6 is 0 Å². The first kappa shape index (κ1) is 13.3. The first-order valence-electron chi connectivity index (χ1n) is 6.28. The molecular formula is C13H19N5O. The van der Waals surface area contributed by atoms with Crippen molar-refractivity contribution in [2.75, 3.05) is 7.05 Å². The fraction of sp³-hybridized carbons (Fsp3) is 0.462. The highest BCUT2D eigenvalue weighted by Crippen LogP contribution is 2.07. The number of hydrogen-bond donors (Lipinski definition) is 1. The Bertz CT molecular complexity index is 557. The smallest absolute Gasteiger partial charge is 0.224 e. The largest absolute Gasteiger partial charge is 0.341 e. The first-order chi connectivity index (χ1) is 9.06. The van der Waals surface area contributed by atoms with Crippen LogP contribution in [-0.4, -0.2) is 37.8 Å². The van der Waals surface area contributed by atoms with Gasteiger partial charge >= 0.3 is 0 Å². The molecule has 0 spiro atoms. The van der Waals surface area contributed by atoms with Gasteiger partial charge in [0.05, 0.1) is 12.4 Å². The Labute approximate surface area is 112 Å². The van der Waals surface area contributed by atoms with E-state index in [0.717, 1.165) is 16.8 Å². The molecule has 0 radical (unpaired) electrons. The highest BCUT2D eigenvalue weighted by molar-refractivity contribution is 5.75. The molecule has 2 heterocycles. The van der Waals surface area contributed by atoms with E-state index in [9.17, 15) is 4.79 Å². The molecule has 0 unspecified atom stereocenters. The summed E-state index contributed by atoms with van der Waals surface area (Å²) in [5, 5.41) is 11.0. The predicted octanol–water partition coefficient (Wildman–Crippen LogP) is 1.27. The monoisotopic (exact) mass is 261 g/mol. The Morgan fingerprint density at radius 1 is 1.42 bits per heavy atom. The fourth-order valence-electron chi connectivity index (χ4n) is 1.87. The zero-order valence-corrected chi connectivity index (χ0v) is 11.6. The van der Waals surface area contributed by atoms with Crippen molar-refractivity contribution < 1.29 is 4.79 Å². The van der Waals surface area contributed by atoms with E-state index < -0.39 is 0 Å². The normalized spacial score (nSPS) is 10.7. The SMILES string of the molecule is Cc1cnn(CCC(=O)N(C)Cc2cn[nH]c2C)c1. The van der Waals surface area contributed by atoms with Gasteiger partial charge in [0.15, 0.2) is 0 Å². The van der Waals surface area contributed by atoms with Gasteiger partial charge in [-0.25, -0.2) is 0 Å². The summed E-state index contributed by atoms with van der Waals surface area (Å²) in [6.07, 6.45) is 5.95. The van der Waals surface area contributed by atoms with E-state index in [1.54, 1.807) is 22.0 Å². The maximum Gasteiger partial charge on any atom is 0.224 e. The van der Waals surface area contributed by atoms with Gasteiger partial charge in [-0.2, -0.15) is 10.2 Å². The highest BCUT2D eigenvalue weighted by Gasteiger charge is 2.11. The minimum Gasteiger partial charge on any atom is -0.341 e. The fourth-order valence-corrected chi connectivity index (χ4v) is 1.87. The molecule has 2 aromatic heterocycles. The van der Waals surface area contributed by atoms with Crippen molar-refractivity contribution in [1.82, 2.24) is 24.9 Å². The van der Waals surface area contributed by atoms with Gasteiger partial charge in [-0.3, -0.25) is 14.6 Å². The summed E-state index contributed by atoms with van der Waals surface area (Å²) in [5.74, 6) is 0.105. The molecule has 0 aliphatic rings. The van der Waals surface area contributed by atoms with Crippen molar-refractivity contribution in [3.05, 3.63) is 35.4 Å². The van der Waals surface area contributed by atoms with Crippen molar-refractivity contribution in [3.63, 3.8) is 0 Å². The molecular weight excluding hydrogens is 242 g/mol. The van der Waals surface area contributed by atoms with Crippen LogP contribution in [-0.2, 0) is 17.9 Å². The van der Waals surface area contributed by atoms with Crippen molar-refractivity contribution in [1.29, 1.82) is 0 Å². The van der Waals surface area contributed by atoms with E-state index >= 15 is 0 Å². The van der Waals surface area contributed by atoms with Crippen LogP contribution in [0.4, 0.5) is 0 Å².